The van der Waals surface area contributed by atoms with E-state index in [9.17, 15) is 0 Å². The summed E-state index contributed by atoms with van der Waals surface area (Å²) in [4.78, 5) is 2.39. The maximum Gasteiger partial charge on any atom is 0.283 e. The molecule has 0 amide bonds. The molecule has 1 aliphatic heterocycles. The summed E-state index contributed by atoms with van der Waals surface area (Å²) in [5.41, 5.74) is 1.44. The van der Waals surface area contributed by atoms with Crippen molar-refractivity contribution in [2.75, 3.05) is 13.1 Å². The second-order valence-corrected chi connectivity index (χ2v) is 6.39. The van der Waals surface area contributed by atoms with Crippen LogP contribution in [0.15, 0.2) is 57.6 Å². The van der Waals surface area contributed by atoms with Crippen molar-refractivity contribution >= 4 is 0 Å². The van der Waals surface area contributed by atoms with Gasteiger partial charge in [-0.2, -0.15) is 0 Å². The van der Waals surface area contributed by atoms with E-state index in [1.807, 2.05) is 12.1 Å². The molecule has 0 aliphatic carbocycles. The smallest absolute Gasteiger partial charge is 0.283 e. The fraction of sp³-hybridized carbons (Fsp3) is 0.368. The number of piperidine rings is 1. The first kappa shape index (κ1) is 15.1. The van der Waals surface area contributed by atoms with Crippen LogP contribution in [0.25, 0.3) is 11.7 Å². The van der Waals surface area contributed by atoms with Crippen molar-refractivity contribution in [3.63, 3.8) is 0 Å². The molecule has 3 heterocycles. The molecule has 5 nitrogen and oxygen atoms in total. The summed E-state index contributed by atoms with van der Waals surface area (Å²) in [5, 5.41) is 8.19. The van der Waals surface area contributed by atoms with Gasteiger partial charge in [0.25, 0.3) is 5.89 Å². The molecular weight excluding hydrogens is 302 g/mol. The van der Waals surface area contributed by atoms with Gasteiger partial charge in [0.1, 0.15) is 0 Å². The molecule has 0 bridgehead atoms. The fourth-order valence-corrected chi connectivity index (χ4v) is 3.30. The standard InChI is InChI=1S/C19H21N3O2/c1-2-5-15(6-3-1)13-16-8-10-22(11-9-16)14-18-20-21-19(24-18)17-7-4-12-23-17/h1-7,12,16H,8-11,13-14H2. The summed E-state index contributed by atoms with van der Waals surface area (Å²) in [6.45, 7) is 2.87. The third-order valence-corrected chi connectivity index (χ3v) is 4.63. The van der Waals surface area contributed by atoms with Gasteiger partial charge in [0.15, 0.2) is 5.76 Å². The zero-order valence-corrected chi connectivity index (χ0v) is 13.6. The van der Waals surface area contributed by atoms with Crippen LogP contribution in [0.1, 0.15) is 24.3 Å². The Hall–Kier alpha value is -2.40. The molecule has 24 heavy (non-hydrogen) atoms. The minimum atomic E-state index is 0.453. The fourth-order valence-electron chi connectivity index (χ4n) is 3.30. The molecule has 0 N–H and O–H groups in total. The van der Waals surface area contributed by atoms with Crippen molar-refractivity contribution in [1.29, 1.82) is 0 Å². The molecule has 0 unspecified atom stereocenters. The minimum absolute atomic E-state index is 0.453. The summed E-state index contributed by atoms with van der Waals surface area (Å²) < 4.78 is 11.0. The summed E-state index contributed by atoms with van der Waals surface area (Å²) in [5.74, 6) is 2.50. The van der Waals surface area contributed by atoms with Crippen molar-refractivity contribution in [3.05, 3.63) is 60.2 Å². The van der Waals surface area contributed by atoms with E-state index in [1.54, 1.807) is 6.26 Å². The van der Waals surface area contributed by atoms with Crippen molar-refractivity contribution in [2.24, 2.45) is 5.92 Å². The Bertz CT molecular complexity index is 744. The Morgan fingerprint density at radius 3 is 2.58 bits per heavy atom. The van der Waals surface area contributed by atoms with Crippen LogP contribution in [0, 0.1) is 5.92 Å². The highest BCUT2D eigenvalue weighted by atomic mass is 16.4. The Morgan fingerprint density at radius 1 is 1.00 bits per heavy atom. The van der Waals surface area contributed by atoms with Gasteiger partial charge in [0.2, 0.25) is 5.89 Å². The molecule has 2 aromatic heterocycles. The maximum absolute atomic E-state index is 5.70. The highest BCUT2D eigenvalue weighted by Crippen LogP contribution is 2.23. The van der Waals surface area contributed by atoms with E-state index in [0.29, 0.717) is 24.1 Å². The largest absolute Gasteiger partial charge is 0.459 e. The molecule has 0 saturated carbocycles. The van der Waals surface area contributed by atoms with Crippen molar-refractivity contribution in [1.82, 2.24) is 15.1 Å². The van der Waals surface area contributed by atoms with E-state index in [0.717, 1.165) is 19.0 Å². The van der Waals surface area contributed by atoms with E-state index in [2.05, 4.69) is 45.4 Å². The van der Waals surface area contributed by atoms with E-state index < -0.39 is 0 Å². The number of hydrogen-bond donors (Lipinski definition) is 0. The molecule has 124 valence electrons. The van der Waals surface area contributed by atoms with Crippen molar-refractivity contribution in [2.45, 2.75) is 25.8 Å². The molecule has 0 atom stereocenters. The molecule has 1 saturated heterocycles. The second-order valence-electron chi connectivity index (χ2n) is 6.39. The number of aromatic nitrogens is 2. The van der Waals surface area contributed by atoms with E-state index in [4.69, 9.17) is 8.83 Å². The van der Waals surface area contributed by atoms with Gasteiger partial charge in [-0.25, -0.2) is 0 Å². The number of nitrogens with zero attached hydrogens (tertiary/aromatic N) is 3. The highest BCUT2D eigenvalue weighted by Gasteiger charge is 2.21. The number of benzene rings is 1. The van der Waals surface area contributed by atoms with E-state index >= 15 is 0 Å². The van der Waals surface area contributed by atoms with Crippen molar-refractivity contribution in [3.8, 4) is 11.7 Å². The third-order valence-electron chi connectivity index (χ3n) is 4.63. The van der Waals surface area contributed by atoms with Crippen LogP contribution >= 0.6 is 0 Å². The second kappa shape index (κ2) is 7.01. The minimum Gasteiger partial charge on any atom is -0.459 e. The van der Waals surface area contributed by atoms with Gasteiger partial charge in [-0.15, -0.1) is 10.2 Å². The van der Waals surface area contributed by atoms with Crippen molar-refractivity contribution < 1.29 is 8.83 Å². The lowest BCUT2D eigenvalue weighted by Crippen LogP contribution is -2.33. The Morgan fingerprint density at radius 2 is 1.83 bits per heavy atom. The molecule has 1 aliphatic rings. The van der Waals surface area contributed by atoms with Crippen LogP contribution in [-0.2, 0) is 13.0 Å². The maximum atomic E-state index is 5.70. The molecule has 0 spiro atoms. The lowest BCUT2D eigenvalue weighted by molar-refractivity contribution is 0.164. The first-order valence-electron chi connectivity index (χ1n) is 8.49. The third kappa shape index (κ3) is 3.57. The number of hydrogen-bond acceptors (Lipinski definition) is 5. The molecule has 1 aromatic carbocycles. The van der Waals surface area contributed by atoms with Gasteiger partial charge in [0, 0.05) is 0 Å². The number of furan rings is 1. The van der Waals surface area contributed by atoms with Crippen LogP contribution in [0.2, 0.25) is 0 Å². The first-order valence-corrected chi connectivity index (χ1v) is 8.49. The Labute approximate surface area is 141 Å². The topological polar surface area (TPSA) is 55.3 Å². The molecule has 0 radical (unpaired) electrons. The molecular formula is C19H21N3O2. The normalized spacial score (nSPS) is 16.5. The van der Waals surface area contributed by atoms with Crippen LogP contribution in [-0.4, -0.2) is 28.2 Å². The highest BCUT2D eigenvalue weighted by molar-refractivity contribution is 5.42. The van der Waals surface area contributed by atoms with E-state index in [-0.39, 0.29) is 0 Å². The van der Waals surface area contributed by atoms with Gasteiger partial charge in [-0.3, -0.25) is 4.90 Å². The average molecular weight is 323 g/mol. The van der Waals surface area contributed by atoms with Gasteiger partial charge in [0.05, 0.1) is 12.8 Å². The predicted molar refractivity (Wildman–Crippen MR) is 90.1 cm³/mol. The molecule has 1 fully saturated rings. The van der Waals surface area contributed by atoms with Crippen LogP contribution in [0.3, 0.4) is 0 Å². The summed E-state index contributed by atoms with van der Waals surface area (Å²) in [6, 6.07) is 14.4. The first-order chi connectivity index (χ1) is 11.9. The molecule has 3 aromatic rings. The summed E-state index contributed by atoms with van der Waals surface area (Å²) in [7, 11) is 0. The summed E-state index contributed by atoms with van der Waals surface area (Å²) >= 11 is 0. The Kier molecular flexibility index (Phi) is 4.42. The zero-order valence-electron chi connectivity index (χ0n) is 13.6. The lowest BCUT2D eigenvalue weighted by Gasteiger charge is -2.31. The monoisotopic (exact) mass is 323 g/mol. The van der Waals surface area contributed by atoms with Gasteiger partial charge in [-0.05, 0) is 56.0 Å². The number of rotatable bonds is 5. The average Bonchev–Trinajstić information content (AvgIpc) is 3.29. The number of likely N-dealkylation sites (tertiary alicyclic amines) is 1. The van der Waals surface area contributed by atoms with Crippen LogP contribution in [0.4, 0.5) is 0 Å². The molecule has 5 heteroatoms. The van der Waals surface area contributed by atoms with Gasteiger partial charge >= 0.3 is 0 Å². The zero-order chi connectivity index (χ0) is 16.2. The van der Waals surface area contributed by atoms with Crippen LogP contribution in [0.5, 0.6) is 0 Å². The SMILES string of the molecule is c1ccc(CC2CCN(Cc3nnc(-c4ccco4)o3)CC2)cc1. The van der Waals surface area contributed by atoms with Crippen LogP contribution < -0.4 is 0 Å². The molecule has 4 rings (SSSR count). The van der Waals surface area contributed by atoms with Gasteiger partial charge in [-0.1, -0.05) is 30.3 Å². The van der Waals surface area contributed by atoms with E-state index in [1.165, 1.54) is 24.8 Å². The quantitative estimate of drug-likeness (QED) is 0.715. The van der Waals surface area contributed by atoms with Gasteiger partial charge < -0.3 is 8.83 Å². The summed E-state index contributed by atoms with van der Waals surface area (Å²) in [6.07, 6.45) is 5.22. The lowest BCUT2D eigenvalue weighted by atomic mass is 9.90. The Balaban J connectivity index is 1.29. The predicted octanol–water partition coefficient (Wildman–Crippen LogP) is 3.78.